The molecule has 0 aliphatic rings. The zero-order valence-electron chi connectivity index (χ0n) is 19.3. The van der Waals surface area contributed by atoms with Gasteiger partial charge in [0, 0.05) is 0 Å². The van der Waals surface area contributed by atoms with Crippen molar-refractivity contribution in [3.8, 4) is 0 Å². The molecule has 6 aromatic rings. The first-order valence-electron chi connectivity index (χ1n) is 10.3. The van der Waals surface area contributed by atoms with Gasteiger partial charge < -0.3 is 44.7 Å². The second-order valence-electron chi connectivity index (χ2n) is 7.17. The van der Waals surface area contributed by atoms with Crippen molar-refractivity contribution >= 4 is 60.9 Å². The molecule has 1 unspecified atom stereocenters. The van der Waals surface area contributed by atoms with Crippen LogP contribution in [0, 0.1) is 0 Å². The summed E-state index contributed by atoms with van der Waals surface area (Å²) in [6.07, 6.45) is 0. The average Bonchev–Trinajstić information content (AvgIpc) is 3.61. The van der Waals surface area contributed by atoms with Crippen molar-refractivity contribution < 1.29 is 49.8 Å². The first-order valence-corrected chi connectivity index (χ1v) is 10.3. The number of carbonyl (C=O) groups is 3. The molecule has 3 heterocycles. The van der Waals surface area contributed by atoms with Crippen LogP contribution in [0.4, 0.5) is 0 Å². The molecule has 3 aromatic carbocycles. The number of hydrogen-bond acceptors (Lipinski definition) is 9. The molecule has 0 amide bonds. The molecule has 194 valence electrons. The van der Waals surface area contributed by atoms with Crippen LogP contribution >= 0.6 is 9.90 Å². The second kappa shape index (κ2) is 13.2. The molecule has 3 N–H and O–H groups in total. The maximum atomic E-state index is 10.4. The molecular formula is C24H18IrN6O6P. The molecule has 3 aromatic heterocycles. The van der Waals surface area contributed by atoms with Crippen LogP contribution in [0.5, 0.6) is 0 Å². The SMILES string of the molecule is O=C([O-])c1nc2ccccc2[nH]1.O=C([O-])c1nc2ccccc2[nH]1.O=C([O-])c1nc2ccccc2[nH]1.P.[Ir+3]. The molecule has 0 fully saturated rings. The molecule has 1 atom stereocenters. The van der Waals surface area contributed by atoms with Crippen molar-refractivity contribution in [3.05, 3.63) is 90.3 Å². The van der Waals surface area contributed by atoms with E-state index in [0.29, 0.717) is 33.1 Å². The largest absolute Gasteiger partial charge is 3.00 e. The van der Waals surface area contributed by atoms with E-state index in [9.17, 15) is 29.7 Å². The number of hydrogen-bond donors (Lipinski definition) is 3. The number of fused-ring (bicyclic) bond motifs is 3. The molecule has 14 heteroatoms. The number of benzene rings is 3. The fraction of sp³-hybridized carbons (Fsp3) is 0. The van der Waals surface area contributed by atoms with E-state index in [1.807, 2.05) is 0 Å². The number of rotatable bonds is 3. The van der Waals surface area contributed by atoms with E-state index in [-0.39, 0.29) is 47.5 Å². The third-order valence-corrected chi connectivity index (χ3v) is 4.75. The number of nitrogens with one attached hydrogen (secondary N) is 3. The van der Waals surface area contributed by atoms with Gasteiger partial charge in [-0.2, -0.15) is 9.90 Å². The van der Waals surface area contributed by atoms with Crippen LogP contribution in [0.15, 0.2) is 72.8 Å². The van der Waals surface area contributed by atoms with E-state index in [2.05, 4.69) is 29.9 Å². The van der Waals surface area contributed by atoms with Gasteiger partial charge in [0.25, 0.3) is 0 Å². The molecule has 0 spiro atoms. The van der Waals surface area contributed by atoms with E-state index in [1.165, 1.54) is 0 Å². The number of H-pyrrole nitrogens is 3. The summed E-state index contributed by atoms with van der Waals surface area (Å²) in [4.78, 5) is 50.3. The smallest absolute Gasteiger partial charge is 0.542 e. The van der Waals surface area contributed by atoms with Gasteiger partial charge >= 0.3 is 20.1 Å². The maximum absolute atomic E-state index is 10.4. The third-order valence-electron chi connectivity index (χ3n) is 4.75. The van der Waals surface area contributed by atoms with Gasteiger partial charge in [-0.05, 0) is 36.4 Å². The van der Waals surface area contributed by atoms with Gasteiger partial charge in [0.2, 0.25) is 0 Å². The number of imidazole rings is 3. The van der Waals surface area contributed by atoms with Crippen molar-refractivity contribution in [2.45, 2.75) is 0 Å². The molecule has 0 radical (unpaired) electrons. The van der Waals surface area contributed by atoms with Gasteiger partial charge in [-0.15, -0.1) is 0 Å². The maximum Gasteiger partial charge on any atom is 3.00 e. The normalized spacial score (nSPS) is 9.79. The number of carboxylic acids is 3. The fourth-order valence-electron chi connectivity index (χ4n) is 3.15. The van der Waals surface area contributed by atoms with Gasteiger partial charge in [0.15, 0.2) is 17.5 Å². The molecule has 0 aliphatic heterocycles. The van der Waals surface area contributed by atoms with Crippen molar-refractivity contribution in [2.75, 3.05) is 0 Å². The van der Waals surface area contributed by atoms with Crippen molar-refractivity contribution in [1.29, 1.82) is 0 Å². The van der Waals surface area contributed by atoms with Crippen LogP contribution in [0.1, 0.15) is 31.9 Å². The number of carboxylic acid groups (broad SMARTS) is 3. The van der Waals surface area contributed by atoms with Crippen LogP contribution in [0.3, 0.4) is 0 Å². The number of aromatic nitrogens is 6. The molecular weight excluding hydrogens is 691 g/mol. The monoisotopic (exact) mass is 710 g/mol. The van der Waals surface area contributed by atoms with Crippen LogP contribution < -0.4 is 15.3 Å². The fourth-order valence-corrected chi connectivity index (χ4v) is 3.15. The predicted octanol–water partition coefficient (Wildman–Crippen LogP) is -0.165. The van der Waals surface area contributed by atoms with Crippen LogP contribution in [0.25, 0.3) is 33.1 Å². The Morgan fingerprint density at radius 2 is 0.737 bits per heavy atom. The number of aromatic amines is 3. The summed E-state index contributed by atoms with van der Waals surface area (Å²) < 4.78 is 0. The molecule has 0 bridgehead atoms. The van der Waals surface area contributed by atoms with Crippen LogP contribution in [-0.2, 0) is 20.1 Å². The van der Waals surface area contributed by atoms with Crippen molar-refractivity contribution in [2.24, 2.45) is 0 Å². The molecule has 38 heavy (non-hydrogen) atoms. The van der Waals surface area contributed by atoms with Gasteiger partial charge in [0.1, 0.15) is 17.9 Å². The van der Waals surface area contributed by atoms with Crippen molar-refractivity contribution in [3.63, 3.8) is 0 Å². The Morgan fingerprint density at radius 1 is 0.500 bits per heavy atom. The van der Waals surface area contributed by atoms with E-state index in [1.54, 1.807) is 72.8 Å². The number of para-hydroxylation sites is 6. The summed E-state index contributed by atoms with van der Waals surface area (Å²) in [6, 6.07) is 21.3. The third kappa shape index (κ3) is 7.07. The van der Waals surface area contributed by atoms with Crippen LogP contribution in [0.2, 0.25) is 0 Å². The molecule has 0 saturated heterocycles. The van der Waals surface area contributed by atoms with Gasteiger partial charge in [0.05, 0.1) is 33.1 Å². The first kappa shape index (κ1) is 29.8. The quantitative estimate of drug-likeness (QED) is 0.208. The van der Waals surface area contributed by atoms with E-state index in [0.717, 1.165) is 0 Å². The Kier molecular flexibility index (Phi) is 10.3. The summed E-state index contributed by atoms with van der Waals surface area (Å²) in [7, 11) is 0. The van der Waals surface area contributed by atoms with Crippen LogP contribution in [-0.4, -0.2) is 47.8 Å². The summed E-state index contributed by atoms with van der Waals surface area (Å²) in [5.41, 5.74) is 4.02. The zero-order chi connectivity index (χ0) is 25.7. The molecule has 0 saturated carbocycles. The summed E-state index contributed by atoms with van der Waals surface area (Å²) >= 11 is 0. The van der Waals surface area contributed by atoms with Gasteiger partial charge in [-0.25, -0.2) is 15.0 Å². The Bertz CT molecular complexity index is 1410. The summed E-state index contributed by atoms with van der Waals surface area (Å²) in [6.45, 7) is 0. The van der Waals surface area contributed by atoms with Crippen molar-refractivity contribution in [1.82, 2.24) is 29.9 Å². The topological polar surface area (TPSA) is 206 Å². The van der Waals surface area contributed by atoms with E-state index >= 15 is 0 Å². The number of carbonyl (C=O) groups excluding carboxylic acids is 3. The summed E-state index contributed by atoms with van der Waals surface area (Å²) in [5, 5.41) is 31.1. The molecule has 0 aliphatic carbocycles. The number of aromatic carboxylic acids is 3. The molecule has 6 rings (SSSR count). The number of nitrogens with zero attached hydrogens (tertiary/aromatic N) is 3. The minimum absolute atomic E-state index is 0. The Hall–Kier alpha value is -4.44. The standard InChI is InChI=1S/3C8H6N2O2.Ir.H3P/c3*11-8(12)7-9-5-3-1-2-4-6(5)10-7;;/h3*1-4H,(H,9,10)(H,11,12);;1H3/q;;;+3;/p-3. The predicted molar refractivity (Wildman–Crippen MR) is 132 cm³/mol. The minimum Gasteiger partial charge on any atom is -0.542 e. The Balaban J connectivity index is 0.000000195. The average molecular weight is 710 g/mol. The summed E-state index contributed by atoms with van der Waals surface area (Å²) in [5.74, 6) is -4.24. The van der Waals surface area contributed by atoms with Gasteiger partial charge in [-0.1, -0.05) is 36.4 Å². The Labute approximate surface area is 230 Å². The van der Waals surface area contributed by atoms with E-state index in [4.69, 9.17) is 0 Å². The first-order chi connectivity index (χ1) is 17.3. The zero-order valence-corrected chi connectivity index (χ0v) is 23.1. The van der Waals surface area contributed by atoms with E-state index < -0.39 is 17.9 Å². The molecule has 12 nitrogen and oxygen atoms in total. The Morgan fingerprint density at radius 3 is 0.947 bits per heavy atom. The minimum atomic E-state index is -1.29. The second-order valence-corrected chi connectivity index (χ2v) is 7.17. The van der Waals surface area contributed by atoms with Gasteiger partial charge in [-0.3, -0.25) is 0 Å².